The van der Waals surface area contributed by atoms with Gasteiger partial charge in [-0.1, -0.05) is 55.5 Å². The fourth-order valence-electron chi connectivity index (χ4n) is 3.86. The van der Waals surface area contributed by atoms with Crippen LogP contribution in [0.1, 0.15) is 45.1 Å². The second kappa shape index (κ2) is 13.7. The van der Waals surface area contributed by atoms with Gasteiger partial charge >= 0.3 is 0 Å². The number of anilines is 1. The zero-order valence-electron chi connectivity index (χ0n) is 21.5. The van der Waals surface area contributed by atoms with Crippen molar-refractivity contribution in [3.8, 4) is 11.5 Å². The first kappa shape index (κ1) is 28.1. The van der Waals surface area contributed by atoms with Crippen molar-refractivity contribution in [2.75, 3.05) is 18.1 Å². The van der Waals surface area contributed by atoms with Crippen molar-refractivity contribution >= 4 is 63.5 Å². The number of nitrogens with zero attached hydrogens (tertiary/aromatic N) is 2. The van der Waals surface area contributed by atoms with Crippen LogP contribution in [0.3, 0.4) is 0 Å². The van der Waals surface area contributed by atoms with Gasteiger partial charge < -0.3 is 9.47 Å². The Morgan fingerprint density at radius 2 is 1.58 bits per heavy atom. The molecule has 3 aromatic carbocycles. The van der Waals surface area contributed by atoms with Crippen LogP contribution in [-0.2, 0) is 4.79 Å². The average molecular weight is 570 g/mol. The van der Waals surface area contributed by atoms with E-state index >= 15 is 0 Å². The van der Waals surface area contributed by atoms with Gasteiger partial charge in [0.15, 0.2) is 16.7 Å². The molecule has 1 amide bonds. The molecule has 0 aliphatic carbocycles. The minimum Gasteiger partial charge on any atom is -0.490 e. The minimum absolute atomic E-state index is 0.167. The molecule has 0 saturated carbocycles. The summed E-state index contributed by atoms with van der Waals surface area (Å²) in [6.07, 6.45) is 6.40. The Labute approximate surface area is 238 Å². The Bertz CT molecular complexity index is 1310. The molecule has 198 valence electrons. The predicted octanol–water partition coefficient (Wildman–Crippen LogP) is 9.16. The summed E-state index contributed by atoms with van der Waals surface area (Å²) in [6, 6.07) is 20.1. The Kier molecular flexibility index (Phi) is 10.2. The lowest BCUT2D eigenvalue weighted by molar-refractivity contribution is -0.113. The van der Waals surface area contributed by atoms with Crippen LogP contribution in [-0.4, -0.2) is 24.3 Å². The number of hydrogen-bond acceptors (Lipinski definition) is 5. The smallest absolute Gasteiger partial charge is 0.271 e. The molecule has 1 aliphatic rings. The van der Waals surface area contributed by atoms with Gasteiger partial charge in [0.25, 0.3) is 5.91 Å². The van der Waals surface area contributed by atoms with Gasteiger partial charge in [-0.3, -0.25) is 9.69 Å². The normalized spacial score (nSPS) is 15.5. The van der Waals surface area contributed by atoms with Crippen LogP contribution in [0, 0.1) is 0 Å². The molecule has 8 heteroatoms. The number of hydrogen-bond donors (Lipinski definition) is 0. The van der Waals surface area contributed by atoms with E-state index in [1.165, 1.54) is 24.6 Å². The van der Waals surface area contributed by atoms with Crippen molar-refractivity contribution in [2.24, 2.45) is 4.99 Å². The predicted molar refractivity (Wildman–Crippen MR) is 160 cm³/mol. The largest absolute Gasteiger partial charge is 0.490 e. The molecule has 0 atom stereocenters. The molecular weight excluding hydrogens is 539 g/mol. The van der Waals surface area contributed by atoms with Crippen LogP contribution >= 0.6 is 35.0 Å². The molecule has 0 aromatic heterocycles. The molecule has 0 bridgehead atoms. The van der Waals surface area contributed by atoms with E-state index in [-0.39, 0.29) is 5.91 Å². The molecule has 1 saturated heterocycles. The second-order valence-electron chi connectivity index (χ2n) is 8.65. The van der Waals surface area contributed by atoms with Crippen LogP contribution in [0.5, 0.6) is 11.5 Å². The fourth-order valence-corrected chi connectivity index (χ4v) is 5.11. The number of rotatable bonds is 11. The molecule has 1 heterocycles. The number of thioether (sulfide) groups is 1. The highest BCUT2D eigenvalue weighted by atomic mass is 35.5. The van der Waals surface area contributed by atoms with E-state index in [4.69, 9.17) is 37.7 Å². The molecule has 5 nitrogen and oxygen atoms in total. The Morgan fingerprint density at radius 1 is 0.868 bits per heavy atom. The fraction of sp³-hybridized carbons (Fsp3) is 0.267. The summed E-state index contributed by atoms with van der Waals surface area (Å²) >= 11 is 13.4. The van der Waals surface area contributed by atoms with Gasteiger partial charge in [0.2, 0.25) is 0 Å². The summed E-state index contributed by atoms with van der Waals surface area (Å²) in [6.45, 7) is 5.30. The molecule has 3 aromatic rings. The second-order valence-corrected chi connectivity index (χ2v) is 10.5. The molecule has 4 rings (SSSR count). The topological polar surface area (TPSA) is 51.1 Å². The first-order chi connectivity index (χ1) is 18.5. The number of aliphatic imine (C=N–C) groups is 1. The van der Waals surface area contributed by atoms with E-state index in [1.807, 2.05) is 43.3 Å². The number of ether oxygens (including phenoxy) is 2. The van der Waals surface area contributed by atoms with Crippen molar-refractivity contribution in [3.63, 3.8) is 0 Å². The quantitative estimate of drug-likeness (QED) is 0.171. The maximum absolute atomic E-state index is 13.6. The first-order valence-corrected chi connectivity index (χ1v) is 14.3. The van der Waals surface area contributed by atoms with Gasteiger partial charge in [0.05, 0.1) is 29.5 Å². The molecule has 1 fully saturated rings. The molecule has 0 radical (unpaired) electrons. The third-order valence-corrected chi connectivity index (χ3v) is 7.24. The molecule has 0 spiro atoms. The van der Waals surface area contributed by atoms with Gasteiger partial charge in [0, 0.05) is 10.0 Å². The number of carbonyl (C=O) groups excluding carboxylic acids is 1. The number of carbonyl (C=O) groups is 1. The maximum Gasteiger partial charge on any atom is 0.271 e. The van der Waals surface area contributed by atoms with Crippen LogP contribution in [0.25, 0.3) is 6.08 Å². The number of benzene rings is 3. The van der Waals surface area contributed by atoms with E-state index in [0.717, 1.165) is 18.4 Å². The highest BCUT2D eigenvalue weighted by Crippen LogP contribution is 2.39. The van der Waals surface area contributed by atoms with Gasteiger partial charge in [0.1, 0.15) is 0 Å². The van der Waals surface area contributed by atoms with Crippen molar-refractivity contribution in [1.29, 1.82) is 0 Å². The third kappa shape index (κ3) is 7.34. The highest BCUT2D eigenvalue weighted by Gasteiger charge is 2.34. The van der Waals surface area contributed by atoms with Crippen molar-refractivity contribution in [1.82, 2.24) is 0 Å². The Hall–Kier alpha value is -2.93. The van der Waals surface area contributed by atoms with Gasteiger partial charge in [-0.05, 0) is 97.4 Å². The summed E-state index contributed by atoms with van der Waals surface area (Å²) in [5.41, 5.74) is 2.22. The lowest BCUT2D eigenvalue weighted by Crippen LogP contribution is -2.28. The lowest BCUT2D eigenvalue weighted by atomic mass is 10.1. The van der Waals surface area contributed by atoms with Gasteiger partial charge in [-0.25, -0.2) is 4.99 Å². The monoisotopic (exact) mass is 568 g/mol. The van der Waals surface area contributed by atoms with Crippen LogP contribution in [0.15, 0.2) is 76.6 Å². The Balaban J connectivity index is 1.62. The number of unbranched alkanes of at least 4 members (excludes halogenated alkanes) is 3. The lowest BCUT2D eigenvalue weighted by Gasteiger charge is -2.15. The average Bonchev–Trinajstić information content (AvgIpc) is 3.21. The van der Waals surface area contributed by atoms with E-state index in [1.54, 1.807) is 41.3 Å². The van der Waals surface area contributed by atoms with Crippen LogP contribution < -0.4 is 14.4 Å². The molecule has 0 N–H and O–H groups in total. The van der Waals surface area contributed by atoms with E-state index in [0.29, 0.717) is 56.2 Å². The summed E-state index contributed by atoms with van der Waals surface area (Å²) in [5, 5.41) is 1.76. The van der Waals surface area contributed by atoms with E-state index in [2.05, 4.69) is 6.92 Å². The Morgan fingerprint density at radius 3 is 2.26 bits per heavy atom. The van der Waals surface area contributed by atoms with Crippen LogP contribution in [0.4, 0.5) is 11.4 Å². The first-order valence-electron chi connectivity index (χ1n) is 12.7. The van der Waals surface area contributed by atoms with E-state index < -0.39 is 0 Å². The SMILES string of the molecule is CCCCCCOc1ccc(/C=C2/SC(=Nc3ccc(Cl)cc3)N(c3ccc(Cl)cc3)C2=O)cc1OCC. The zero-order chi connectivity index (χ0) is 26.9. The molecular formula is C30H30Cl2N2O3S. The summed E-state index contributed by atoms with van der Waals surface area (Å²) in [5.74, 6) is 1.21. The summed E-state index contributed by atoms with van der Waals surface area (Å²) in [7, 11) is 0. The zero-order valence-corrected chi connectivity index (χ0v) is 23.8. The number of halogens is 2. The van der Waals surface area contributed by atoms with E-state index in [9.17, 15) is 4.79 Å². The maximum atomic E-state index is 13.6. The minimum atomic E-state index is -0.167. The van der Waals surface area contributed by atoms with Crippen LogP contribution in [0.2, 0.25) is 10.0 Å². The summed E-state index contributed by atoms with van der Waals surface area (Å²) < 4.78 is 11.8. The molecule has 0 unspecified atom stereocenters. The van der Waals surface area contributed by atoms with Crippen molar-refractivity contribution < 1.29 is 14.3 Å². The van der Waals surface area contributed by atoms with Gasteiger partial charge in [-0.15, -0.1) is 0 Å². The molecule has 1 aliphatic heterocycles. The number of amides is 1. The highest BCUT2D eigenvalue weighted by molar-refractivity contribution is 8.19. The number of amidine groups is 1. The van der Waals surface area contributed by atoms with Crippen molar-refractivity contribution in [2.45, 2.75) is 39.5 Å². The third-order valence-electron chi connectivity index (χ3n) is 5.76. The van der Waals surface area contributed by atoms with Crippen molar-refractivity contribution in [3.05, 3.63) is 87.2 Å². The van der Waals surface area contributed by atoms with Gasteiger partial charge in [-0.2, -0.15) is 0 Å². The standard InChI is InChI=1S/C30H30Cl2N2O3S/c1-3-5-6-7-18-37-26-17-8-21(19-27(26)36-4-2)20-28-29(35)34(25-15-11-23(32)12-16-25)30(38-28)33-24-13-9-22(31)10-14-24/h8-17,19-20H,3-7,18H2,1-2H3/b28-20+,33-30?. The molecule has 38 heavy (non-hydrogen) atoms. The summed E-state index contributed by atoms with van der Waals surface area (Å²) in [4.78, 5) is 20.5.